The standard InChI is InChI=1S/C15H19NO4/c1-20-13-9-5-4-8-12(13)16-14(17)10-6-2-3-7-11(10)15(18)19/h4-5,8-11H,2-3,6-7H2,1H3,(H,16,17)(H,18,19)/p-1/t10-,11+/m0/s1. The first kappa shape index (κ1) is 14.4. The topological polar surface area (TPSA) is 78.5 Å². The van der Waals surface area contributed by atoms with E-state index in [1.54, 1.807) is 24.3 Å². The summed E-state index contributed by atoms with van der Waals surface area (Å²) in [6.45, 7) is 0. The van der Waals surface area contributed by atoms with Crippen molar-refractivity contribution in [1.29, 1.82) is 0 Å². The SMILES string of the molecule is COc1ccccc1NC(=O)[C@H]1CCCC[C@H]1C(=O)[O-]. The van der Waals surface area contributed by atoms with Crippen molar-refractivity contribution in [3.63, 3.8) is 0 Å². The minimum atomic E-state index is -1.13. The van der Waals surface area contributed by atoms with E-state index in [2.05, 4.69) is 5.32 Å². The number of carbonyl (C=O) groups is 2. The molecule has 2 atom stereocenters. The number of nitrogens with one attached hydrogen (secondary N) is 1. The summed E-state index contributed by atoms with van der Waals surface area (Å²) in [6, 6.07) is 7.06. The van der Waals surface area contributed by atoms with Crippen LogP contribution in [0.3, 0.4) is 0 Å². The Morgan fingerprint density at radius 2 is 1.85 bits per heavy atom. The molecule has 1 aromatic rings. The Morgan fingerprint density at radius 1 is 1.20 bits per heavy atom. The Morgan fingerprint density at radius 3 is 2.50 bits per heavy atom. The number of aliphatic carboxylic acids is 1. The molecule has 0 spiro atoms. The van der Waals surface area contributed by atoms with Crippen molar-refractivity contribution in [2.75, 3.05) is 12.4 Å². The van der Waals surface area contributed by atoms with Gasteiger partial charge in [0, 0.05) is 17.8 Å². The smallest absolute Gasteiger partial charge is 0.228 e. The van der Waals surface area contributed by atoms with Crippen LogP contribution in [0.5, 0.6) is 5.75 Å². The maximum Gasteiger partial charge on any atom is 0.228 e. The zero-order valence-electron chi connectivity index (χ0n) is 11.4. The number of ether oxygens (including phenoxy) is 1. The first-order valence-electron chi connectivity index (χ1n) is 6.78. The highest BCUT2D eigenvalue weighted by atomic mass is 16.5. The fourth-order valence-corrected chi connectivity index (χ4v) is 2.70. The van der Waals surface area contributed by atoms with Crippen molar-refractivity contribution in [1.82, 2.24) is 0 Å². The van der Waals surface area contributed by atoms with Gasteiger partial charge >= 0.3 is 0 Å². The quantitative estimate of drug-likeness (QED) is 0.896. The largest absolute Gasteiger partial charge is 0.550 e. The number of carbonyl (C=O) groups excluding carboxylic acids is 2. The van der Waals surface area contributed by atoms with Crippen LogP contribution in [-0.4, -0.2) is 19.0 Å². The van der Waals surface area contributed by atoms with Crippen LogP contribution in [0.2, 0.25) is 0 Å². The Labute approximate surface area is 117 Å². The van der Waals surface area contributed by atoms with Crippen LogP contribution in [0.15, 0.2) is 24.3 Å². The average Bonchev–Trinajstić information content (AvgIpc) is 2.47. The van der Waals surface area contributed by atoms with E-state index in [1.807, 2.05) is 0 Å². The van der Waals surface area contributed by atoms with Crippen molar-refractivity contribution in [3.05, 3.63) is 24.3 Å². The van der Waals surface area contributed by atoms with Gasteiger partial charge in [0.2, 0.25) is 5.91 Å². The summed E-state index contributed by atoms with van der Waals surface area (Å²) in [7, 11) is 1.52. The third-order valence-corrected chi connectivity index (χ3v) is 3.77. The molecule has 1 saturated carbocycles. The molecule has 5 heteroatoms. The van der Waals surface area contributed by atoms with E-state index in [4.69, 9.17) is 4.74 Å². The lowest BCUT2D eigenvalue weighted by Crippen LogP contribution is -2.42. The molecule has 1 aromatic carbocycles. The van der Waals surface area contributed by atoms with Crippen LogP contribution in [0.25, 0.3) is 0 Å². The highest BCUT2D eigenvalue weighted by molar-refractivity contribution is 5.96. The van der Waals surface area contributed by atoms with E-state index in [-0.39, 0.29) is 5.91 Å². The summed E-state index contributed by atoms with van der Waals surface area (Å²) in [5.74, 6) is -2.08. The Kier molecular flexibility index (Phi) is 4.61. The lowest BCUT2D eigenvalue weighted by Gasteiger charge is -2.31. The molecule has 0 bridgehead atoms. The highest BCUT2D eigenvalue weighted by Crippen LogP contribution is 2.32. The summed E-state index contributed by atoms with van der Waals surface area (Å²) >= 11 is 0. The number of rotatable bonds is 4. The zero-order valence-corrected chi connectivity index (χ0v) is 11.4. The third-order valence-electron chi connectivity index (χ3n) is 3.77. The number of amides is 1. The van der Waals surface area contributed by atoms with Crippen molar-refractivity contribution < 1.29 is 19.4 Å². The molecule has 0 radical (unpaired) electrons. The molecular weight excluding hydrogens is 258 g/mol. The third kappa shape index (κ3) is 3.10. The molecule has 0 aliphatic heterocycles. The Hall–Kier alpha value is -2.04. The van der Waals surface area contributed by atoms with E-state index in [0.29, 0.717) is 24.3 Å². The summed E-state index contributed by atoms with van der Waals surface area (Å²) in [5.41, 5.74) is 0.558. The molecule has 1 aliphatic carbocycles. The van der Waals surface area contributed by atoms with Crippen molar-refractivity contribution in [2.45, 2.75) is 25.7 Å². The van der Waals surface area contributed by atoms with Crippen LogP contribution in [-0.2, 0) is 9.59 Å². The van der Waals surface area contributed by atoms with Gasteiger partial charge in [-0.15, -0.1) is 0 Å². The number of carboxylic acids is 1. The predicted molar refractivity (Wildman–Crippen MR) is 72.1 cm³/mol. The van der Waals surface area contributed by atoms with Gasteiger partial charge in [-0.05, 0) is 25.0 Å². The van der Waals surface area contributed by atoms with Gasteiger partial charge in [-0.1, -0.05) is 25.0 Å². The molecule has 0 heterocycles. The molecule has 1 amide bonds. The summed E-state index contributed by atoms with van der Waals surface area (Å²) in [6.07, 6.45) is 2.79. The summed E-state index contributed by atoms with van der Waals surface area (Å²) in [4.78, 5) is 23.4. The molecule has 108 valence electrons. The van der Waals surface area contributed by atoms with Crippen LogP contribution in [0.4, 0.5) is 5.69 Å². The van der Waals surface area contributed by atoms with Gasteiger partial charge in [0.25, 0.3) is 0 Å². The van der Waals surface area contributed by atoms with Gasteiger partial charge in [0.15, 0.2) is 0 Å². The number of hydrogen-bond acceptors (Lipinski definition) is 4. The van der Waals surface area contributed by atoms with Crippen molar-refractivity contribution in [3.8, 4) is 5.75 Å². The van der Waals surface area contributed by atoms with E-state index in [0.717, 1.165) is 12.8 Å². The fraction of sp³-hybridized carbons (Fsp3) is 0.467. The molecule has 1 N–H and O–H groups in total. The fourth-order valence-electron chi connectivity index (χ4n) is 2.70. The summed E-state index contributed by atoms with van der Waals surface area (Å²) in [5, 5.41) is 13.9. The van der Waals surface area contributed by atoms with Gasteiger partial charge in [0.05, 0.1) is 12.8 Å². The van der Waals surface area contributed by atoms with E-state index >= 15 is 0 Å². The second-order valence-corrected chi connectivity index (χ2v) is 5.01. The second kappa shape index (κ2) is 6.41. The normalized spacial score (nSPS) is 22.1. The van der Waals surface area contributed by atoms with Crippen LogP contribution in [0, 0.1) is 11.8 Å². The average molecular weight is 276 g/mol. The second-order valence-electron chi connectivity index (χ2n) is 5.01. The molecule has 0 saturated heterocycles. The molecule has 0 aromatic heterocycles. The zero-order chi connectivity index (χ0) is 14.5. The van der Waals surface area contributed by atoms with E-state index in [1.165, 1.54) is 7.11 Å². The van der Waals surface area contributed by atoms with Crippen LogP contribution < -0.4 is 15.2 Å². The van der Waals surface area contributed by atoms with Gasteiger partial charge in [-0.25, -0.2) is 0 Å². The van der Waals surface area contributed by atoms with Crippen LogP contribution >= 0.6 is 0 Å². The molecule has 1 aliphatic rings. The summed E-state index contributed by atoms with van der Waals surface area (Å²) < 4.78 is 5.16. The molecular formula is C15H18NO4-. The first-order valence-corrected chi connectivity index (χ1v) is 6.78. The predicted octanol–water partition coefficient (Wildman–Crippen LogP) is 1.19. The molecule has 1 fully saturated rings. The van der Waals surface area contributed by atoms with Gasteiger partial charge < -0.3 is 20.0 Å². The van der Waals surface area contributed by atoms with Crippen molar-refractivity contribution in [2.24, 2.45) is 11.8 Å². The molecule has 0 unspecified atom stereocenters. The first-order chi connectivity index (χ1) is 9.63. The minimum absolute atomic E-state index is 0.275. The lowest BCUT2D eigenvalue weighted by atomic mass is 9.78. The van der Waals surface area contributed by atoms with Gasteiger partial charge in [0.1, 0.15) is 5.75 Å². The van der Waals surface area contributed by atoms with Gasteiger partial charge in [-0.2, -0.15) is 0 Å². The van der Waals surface area contributed by atoms with E-state index in [9.17, 15) is 14.7 Å². The van der Waals surface area contributed by atoms with Crippen LogP contribution in [0.1, 0.15) is 25.7 Å². The molecule has 20 heavy (non-hydrogen) atoms. The monoisotopic (exact) mass is 276 g/mol. The maximum absolute atomic E-state index is 12.3. The number of benzene rings is 1. The Balaban J connectivity index is 2.12. The highest BCUT2D eigenvalue weighted by Gasteiger charge is 2.32. The lowest BCUT2D eigenvalue weighted by molar-refractivity contribution is -0.313. The Bertz CT molecular complexity index is 500. The van der Waals surface area contributed by atoms with Crippen molar-refractivity contribution >= 4 is 17.6 Å². The van der Waals surface area contributed by atoms with E-state index < -0.39 is 17.8 Å². The molecule has 5 nitrogen and oxygen atoms in total. The number of hydrogen-bond donors (Lipinski definition) is 1. The van der Waals surface area contributed by atoms with Gasteiger partial charge in [-0.3, -0.25) is 4.79 Å². The number of methoxy groups -OCH3 is 1. The minimum Gasteiger partial charge on any atom is -0.550 e. The molecule has 2 rings (SSSR count). The maximum atomic E-state index is 12.3. The number of anilines is 1. The number of carboxylic acid groups (broad SMARTS) is 1. The number of para-hydroxylation sites is 2.